The Morgan fingerprint density at radius 1 is 1.29 bits per heavy atom. The van der Waals surface area contributed by atoms with Gasteiger partial charge >= 0.3 is 5.97 Å². The van der Waals surface area contributed by atoms with Gasteiger partial charge in [0.05, 0.1) is 5.56 Å². The lowest BCUT2D eigenvalue weighted by atomic mass is 10.0. The predicted octanol–water partition coefficient (Wildman–Crippen LogP) is 0.712. The lowest BCUT2D eigenvalue weighted by Crippen LogP contribution is -2.50. The Morgan fingerprint density at radius 2 is 2.00 bits per heavy atom. The topological polar surface area (TPSA) is 95.5 Å². The third kappa shape index (κ3) is 4.30. The minimum Gasteiger partial charge on any atom is -0.478 e. The molecule has 6 heteroatoms. The zero-order valence-corrected chi connectivity index (χ0v) is 11.6. The molecule has 1 aliphatic rings. The van der Waals surface area contributed by atoms with Crippen molar-refractivity contribution in [2.75, 3.05) is 6.54 Å². The van der Waals surface area contributed by atoms with E-state index in [4.69, 9.17) is 5.11 Å². The van der Waals surface area contributed by atoms with Crippen LogP contribution in [0.25, 0.3) is 0 Å². The van der Waals surface area contributed by atoms with E-state index < -0.39 is 12.0 Å². The van der Waals surface area contributed by atoms with Crippen molar-refractivity contribution in [3.05, 3.63) is 35.4 Å². The fraction of sp³-hybridized carbons (Fsp3) is 0.400. The summed E-state index contributed by atoms with van der Waals surface area (Å²) in [6.07, 6.45) is 2.33. The van der Waals surface area contributed by atoms with Gasteiger partial charge in [-0.25, -0.2) is 4.79 Å². The average molecular weight is 290 g/mol. The third-order valence-electron chi connectivity index (χ3n) is 3.46. The Hall–Kier alpha value is -2.37. The predicted molar refractivity (Wildman–Crippen MR) is 75.9 cm³/mol. The highest BCUT2D eigenvalue weighted by Gasteiger charge is 2.23. The molecule has 3 N–H and O–H groups in total. The standard InChI is InChI=1S/C15H18N2O4/c18-13(17-12-2-1-9-16-14(12)19)8-5-10-3-6-11(7-4-10)15(20)21/h3-4,6-7,12H,1-2,5,8-9H2,(H,16,19)(H,17,18)(H,20,21). The normalized spacial score (nSPS) is 17.9. The quantitative estimate of drug-likeness (QED) is 0.744. The molecular weight excluding hydrogens is 272 g/mol. The highest BCUT2D eigenvalue weighted by atomic mass is 16.4. The molecule has 1 aromatic carbocycles. The van der Waals surface area contributed by atoms with Crippen LogP contribution in [0.5, 0.6) is 0 Å². The van der Waals surface area contributed by atoms with E-state index in [2.05, 4.69) is 10.6 Å². The summed E-state index contributed by atoms with van der Waals surface area (Å²) in [6, 6.07) is 6.00. The number of benzene rings is 1. The molecule has 0 spiro atoms. The zero-order valence-electron chi connectivity index (χ0n) is 11.6. The lowest BCUT2D eigenvalue weighted by Gasteiger charge is -2.22. The molecule has 1 atom stereocenters. The van der Waals surface area contributed by atoms with Crippen LogP contribution in [0.2, 0.25) is 0 Å². The van der Waals surface area contributed by atoms with Crippen LogP contribution < -0.4 is 10.6 Å². The molecule has 1 heterocycles. The molecule has 2 amide bonds. The Balaban J connectivity index is 1.80. The first-order chi connectivity index (χ1) is 10.1. The van der Waals surface area contributed by atoms with E-state index in [1.54, 1.807) is 12.1 Å². The van der Waals surface area contributed by atoms with Crippen molar-refractivity contribution in [3.63, 3.8) is 0 Å². The second-order valence-electron chi connectivity index (χ2n) is 5.06. The van der Waals surface area contributed by atoms with E-state index in [1.807, 2.05) is 0 Å². The van der Waals surface area contributed by atoms with Crippen LogP contribution in [-0.4, -0.2) is 35.5 Å². The molecule has 21 heavy (non-hydrogen) atoms. The molecule has 0 aliphatic carbocycles. The lowest BCUT2D eigenvalue weighted by molar-refractivity contribution is -0.130. The van der Waals surface area contributed by atoms with Crippen molar-refractivity contribution in [2.45, 2.75) is 31.7 Å². The smallest absolute Gasteiger partial charge is 0.335 e. The number of carboxylic acids is 1. The maximum absolute atomic E-state index is 11.8. The summed E-state index contributed by atoms with van der Waals surface area (Å²) in [5.41, 5.74) is 1.12. The molecule has 0 aromatic heterocycles. The average Bonchev–Trinajstić information content (AvgIpc) is 2.48. The molecule has 1 unspecified atom stereocenters. The number of hydrogen-bond acceptors (Lipinski definition) is 3. The van der Waals surface area contributed by atoms with E-state index in [0.717, 1.165) is 12.0 Å². The van der Waals surface area contributed by atoms with Crippen LogP contribution in [0.1, 0.15) is 35.2 Å². The molecule has 1 aromatic rings. The number of carbonyl (C=O) groups excluding carboxylic acids is 2. The van der Waals surface area contributed by atoms with Gasteiger partial charge in [-0.3, -0.25) is 9.59 Å². The second-order valence-corrected chi connectivity index (χ2v) is 5.06. The van der Waals surface area contributed by atoms with Crippen LogP contribution in [0.4, 0.5) is 0 Å². The molecule has 0 bridgehead atoms. The number of rotatable bonds is 5. The van der Waals surface area contributed by atoms with Crippen molar-refractivity contribution in [2.24, 2.45) is 0 Å². The van der Waals surface area contributed by atoms with Gasteiger partial charge in [0.15, 0.2) is 0 Å². The van der Waals surface area contributed by atoms with Gasteiger partial charge in [-0.2, -0.15) is 0 Å². The second kappa shape index (κ2) is 6.88. The summed E-state index contributed by atoms with van der Waals surface area (Å²) >= 11 is 0. The Morgan fingerprint density at radius 3 is 2.62 bits per heavy atom. The van der Waals surface area contributed by atoms with Crippen LogP contribution in [-0.2, 0) is 16.0 Å². The van der Waals surface area contributed by atoms with E-state index in [0.29, 0.717) is 19.4 Å². The van der Waals surface area contributed by atoms with Crippen molar-refractivity contribution in [1.82, 2.24) is 10.6 Å². The molecule has 6 nitrogen and oxygen atoms in total. The number of piperidine rings is 1. The number of aryl methyl sites for hydroxylation is 1. The first kappa shape index (κ1) is 15.0. The van der Waals surface area contributed by atoms with Crippen LogP contribution in [0.3, 0.4) is 0 Å². The maximum atomic E-state index is 11.8. The van der Waals surface area contributed by atoms with Crippen molar-refractivity contribution in [3.8, 4) is 0 Å². The third-order valence-corrected chi connectivity index (χ3v) is 3.46. The molecular formula is C15H18N2O4. The fourth-order valence-electron chi connectivity index (χ4n) is 2.25. The van der Waals surface area contributed by atoms with Crippen LogP contribution in [0, 0.1) is 0 Å². The summed E-state index contributed by atoms with van der Waals surface area (Å²) in [5.74, 6) is -1.26. The van der Waals surface area contributed by atoms with Gasteiger partial charge in [-0.05, 0) is 37.0 Å². The van der Waals surface area contributed by atoms with Crippen LogP contribution in [0.15, 0.2) is 24.3 Å². The van der Waals surface area contributed by atoms with Gasteiger partial charge < -0.3 is 15.7 Å². The van der Waals surface area contributed by atoms with Crippen LogP contribution >= 0.6 is 0 Å². The Labute approximate surface area is 122 Å². The van der Waals surface area contributed by atoms with Gasteiger partial charge in [0, 0.05) is 13.0 Å². The first-order valence-corrected chi connectivity index (χ1v) is 6.95. The SMILES string of the molecule is O=C(CCc1ccc(C(=O)O)cc1)NC1CCCNC1=O. The van der Waals surface area contributed by atoms with Gasteiger partial charge in [0.1, 0.15) is 6.04 Å². The fourth-order valence-corrected chi connectivity index (χ4v) is 2.25. The molecule has 1 saturated heterocycles. The molecule has 0 radical (unpaired) electrons. The van der Waals surface area contributed by atoms with E-state index >= 15 is 0 Å². The number of aromatic carboxylic acids is 1. The van der Waals surface area contributed by atoms with Gasteiger partial charge in [0.25, 0.3) is 0 Å². The Kier molecular flexibility index (Phi) is 4.92. The summed E-state index contributed by atoms with van der Waals surface area (Å²) < 4.78 is 0. The summed E-state index contributed by atoms with van der Waals surface area (Å²) in [5, 5.41) is 14.2. The molecule has 112 valence electrons. The Bertz CT molecular complexity index is 539. The van der Waals surface area contributed by atoms with Gasteiger partial charge in [0.2, 0.25) is 11.8 Å². The minimum absolute atomic E-state index is 0.125. The highest BCUT2D eigenvalue weighted by molar-refractivity contribution is 5.88. The first-order valence-electron chi connectivity index (χ1n) is 6.95. The zero-order chi connectivity index (χ0) is 15.2. The van der Waals surface area contributed by atoms with Crippen molar-refractivity contribution in [1.29, 1.82) is 0 Å². The van der Waals surface area contributed by atoms with E-state index in [9.17, 15) is 14.4 Å². The van der Waals surface area contributed by atoms with E-state index in [-0.39, 0.29) is 23.8 Å². The number of carboxylic acid groups (broad SMARTS) is 1. The number of amides is 2. The van der Waals surface area contributed by atoms with Gasteiger partial charge in [-0.15, -0.1) is 0 Å². The molecule has 1 aliphatic heterocycles. The molecule has 0 saturated carbocycles. The van der Waals surface area contributed by atoms with E-state index in [1.165, 1.54) is 12.1 Å². The summed E-state index contributed by atoms with van der Waals surface area (Å²) in [4.78, 5) is 34.1. The minimum atomic E-state index is -0.970. The number of carbonyl (C=O) groups is 3. The number of hydrogen-bond donors (Lipinski definition) is 3. The number of nitrogens with one attached hydrogen (secondary N) is 2. The molecule has 2 rings (SSSR count). The summed E-state index contributed by atoms with van der Waals surface area (Å²) in [6.45, 7) is 0.668. The van der Waals surface area contributed by atoms with Gasteiger partial charge in [-0.1, -0.05) is 12.1 Å². The van der Waals surface area contributed by atoms with Crippen molar-refractivity contribution >= 4 is 17.8 Å². The highest BCUT2D eigenvalue weighted by Crippen LogP contribution is 2.08. The van der Waals surface area contributed by atoms with Crippen molar-refractivity contribution < 1.29 is 19.5 Å². The monoisotopic (exact) mass is 290 g/mol. The maximum Gasteiger partial charge on any atom is 0.335 e. The molecule has 1 fully saturated rings. The largest absolute Gasteiger partial charge is 0.478 e. The summed E-state index contributed by atoms with van der Waals surface area (Å²) in [7, 11) is 0.